The summed E-state index contributed by atoms with van der Waals surface area (Å²) in [6.07, 6.45) is 1.56. The van der Waals surface area contributed by atoms with Crippen molar-refractivity contribution in [2.45, 2.75) is 32.4 Å². The molecule has 0 radical (unpaired) electrons. The third-order valence-corrected chi connectivity index (χ3v) is 6.29. The molecular formula is C33H33N3O3. The van der Waals surface area contributed by atoms with Crippen molar-refractivity contribution in [2.24, 2.45) is 11.0 Å². The summed E-state index contributed by atoms with van der Waals surface area (Å²) < 4.78 is 5.81. The van der Waals surface area contributed by atoms with Gasteiger partial charge in [-0.3, -0.25) is 9.59 Å². The zero-order chi connectivity index (χ0) is 27.5. The van der Waals surface area contributed by atoms with Crippen molar-refractivity contribution >= 4 is 18.0 Å². The first kappa shape index (κ1) is 27.3. The van der Waals surface area contributed by atoms with Crippen LogP contribution in [0.25, 0.3) is 0 Å². The van der Waals surface area contributed by atoms with E-state index < -0.39 is 12.0 Å². The Labute approximate surface area is 229 Å². The lowest BCUT2D eigenvalue weighted by atomic mass is 9.89. The van der Waals surface area contributed by atoms with E-state index >= 15 is 0 Å². The Morgan fingerprint density at radius 1 is 0.744 bits per heavy atom. The smallest absolute Gasteiger partial charge is 0.262 e. The topological polar surface area (TPSA) is 79.8 Å². The number of hydrogen-bond donors (Lipinski definition) is 2. The van der Waals surface area contributed by atoms with Gasteiger partial charge in [-0.25, -0.2) is 5.43 Å². The Morgan fingerprint density at radius 3 is 1.82 bits per heavy atom. The van der Waals surface area contributed by atoms with Gasteiger partial charge in [0.05, 0.1) is 12.1 Å². The number of benzene rings is 4. The SMILES string of the molecule is CC(C)[C@H](NC(=O)C(c1ccccc1)c1ccccc1)C(=O)N/N=C\c1ccc(OCc2ccccc2)cc1. The van der Waals surface area contributed by atoms with Gasteiger partial charge in [-0.15, -0.1) is 0 Å². The first-order valence-electron chi connectivity index (χ1n) is 13.0. The summed E-state index contributed by atoms with van der Waals surface area (Å²) in [6, 6.07) is 35.8. The van der Waals surface area contributed by atoms with Crippen molar-refractivity contribution in [1.82, 2.24) is 10.7 Å². The average molecular weight is 520 g/mol. The van der Waals surface area contributed by atoms with Gasteiger partial charge in [-0.2, -0.15) is 5.10 Å². The van der Waals surface area contributed by atoms with E-state index in [1.165, 1.54) is 0 Å². The van der Waals surface area contributed by atoms with Gasteiger partial charge in [0.1, 0.15) is 18.4 Å². The summed E-state index contributed by atoms with van der Waals surface area (Å²) in [4.78, 5) is 26.5. The second-order valence-electron chi connectivity index (χ2n) is 9.56. The molecule has 0 heterocycles. The third-order valence-electron chi connectivity index (χ3n) is 6.29. The van der Waals surface area contributed by atoms with Crippen molar-refractivity contribution in [3.05, 3.63) is 138 Å². The minimum absolute atomic E-state index is 0.141. The normalized spacial score (nSPS) is 11.9. The van der Waals surface area contributed by atoms with Crippen LogP contribution in [0, 0.1) is 5.92 Å². The van der Waals surface area contributed by atoms with E-state index in [1.54, 1.807) is 6.21 Å². The molecule has 39 heavy (non-hydrogen) atoms. The van der Waals surface area contributed by atoms with E-state index in [4.69, 9.17) is 4.74 Å². The third kappa shape index (κ3) is 7.89. The van der Waals surface area contributed by atoms with E-state index in [0.29, 0.717) is 6.61 Å². The monoisotopic (exact) mass is 519 g/mol. The molecule has 0 aromatic heterocycles. The van der Waals surface area contributed by atoms with Crippen LogP contribution in [0.5, 0.6) is 5.75 Å². The second kappa shape index (κ2) is 13.7. The summed E-state index contributed by atoms with van der Waals surface area (Å²) in [5.74, 6) is -0.549. The fourth-order valence-corrected chi connectivity index (χ4v) is 4.19. The summed E-state index contributed by atoms with van der Waals surface area (Å²) in [5, 5.41) is 7.08. The predicted molar refractivity (Wildman–Crippen MR) is 154 cm³/mol. The van der Waals surface area contributed by atoms with Crippen LogP contribution in [0.4, 0.5) is 0 Å². The molecule has 4 aromatic carbocycles. The van der Waals surface area contributed by atoms with E-state index in [-0.39, 0.29) is 17.7 Å². The van der Waals surface area contributed by atoms with Crippen molar-refractivity contribution in [2.75, 3.05) is 0 Å². The molecule has 4 rings (SSSR count). The quantitative estimate of drug-likeness (QED) is 0.197. The van der Waals surface area contributed by atoms with Crippen LogP contribution in [0.1, 0.15) is 42.0 Å². The second-order valence-corrected chi connectivity index (χ2v) is 9.56. The molecule has 0 spiro atoms. The number of rotatable bonds is 11. The number of hydrogen-bond acceptors (Lipinski definition) is 4. The van der Waals surface area contributed by atoms with Gasteiger partial charge in [0.2, 0.25) is 5.91 Å². The molecule has 0 fully saturated rings. The Kier molecular flexibility index (Phi) is 9.62. The molecule has 0 saturated heterocycles. The van der Waals surface area contributed by atoms with Crippen LogP contribution < -0.4 is 15.5 Å². The van der Waals surface area contributed by atoms with Crippen molar-refractivity contribution < 1.29 is 14.3 Å². The summed E-state index contributed by atoms with van der Waals surface area (Å²) >= 11 is 0. The van der Waals surface area contributed by atoms with Gasteiger partial charge in [-0.1, -0.05) is 105 Å². The number of ether oxygens (including phenoxy) is 1. The largest absolute Gasteiger partial charge is 0.489 e. The van der Waals surface area contributed by atoms with E-state index in [9.17, 15) is 9.59 Å². The van der Waals surface area contributed by atoms with Gasteiger partial charge in [0.15, 0.2) is 0 Å². The maximum Gasteiger partial charge on any atom is 0.262 e. The number of nitrogens with one attached hydrogen (secondary N) is 2. The van der Waals surface area contributed by atoms with E-state index in [2.05, 4.69) is 15.8 Å². The maximum absolute atomic E-state index is 13.5. The number of hydrazone groups is 1. The first-order valence-corrected chi connectivity index (χ1v) is 13.0. The highest BCUT2D eigenvalue weighted by Gasteiger charge is 2.29. The molecule has 2 amide bonds. The molecule has 0 saturated carbocycles. The van der Waals surface area contributed by atoms with E-state index in [1.807, 2.05) is 129 Å². The number of carbonyl (C=O) groups excluding carboxylic acids is 2. The Balaban J connectivity index is 1.37. The molecule has 1 atom stereocenters. The predicted octanol–water partition coefficient (Wildman–Crippen LogP) is 5.69. The lowest BCUT2D eigenvalue weighted by Crippen LogP contribution is -2.50. The van der Waals surface area contributed by atoms with Crippen molar-refractivity contribution in [3.8, 4) is 5.75 Å². The standard InChI is InChI=1S/C33H33N3O3/c1-24(2)31(35-32(37)30(27-14-8-4-9-15-27)28-16-10-5-11-17-28)33(38)36-34-22-25-18-20-29(21-19-25)39-23-26-12-6-3-7-13-26/h3-22,24,30-31H,23H2,1-2H3,(H,35,37)(H,36,38)/b34-22-/t31-/m0/s1. The molecule has 0 aliphatic rings. The van der Waals surface area contributed by atoms with Gasteiger partial charge in [-0.05, 0) is 52.4 Å². The highest BCUT2D eigenvalue weighted by molar-refractivity contribution is 5.93. The van der Waals surface area contributed by atoms with Crippen LogP contribution >= 0.6 is 0 Å². The molecule has 4 aromatic rings. The van der Waals surface area contributed by atoms with Crippen LogP contribution in [0.15, 0.2) is 120 Å². The summed E-state index contributed by atoms with van der Waals surface area (Å²) in [6.45, 7) is 4.27. The van der Waals surface area contributed by atoms with Crippen LogP contribution in [-0.2, 0) is 16.2 Å². The maximum atomic E-state index is 13.5. The van der Waals surface area contributed by atoms with Gasteiger partial charge in [0.25, 0.3) is 5.91 Å². The lowest BCUT2D eigenvalue weighted by Gasteiger charge is -2.24. The highest BCUT2D eigenvalue weighted by atomic mass is 16.5. The Bertz CT molecular complexity index is 1320. The van der Waals surface area contributed by atoms with E-state index in [0.717, 1.165) is 28.0 Å². The van der Waals surface area contributed by atoms with Crippen molar-refractivity contribution in [3.63, 3.8) is 0 Å². The van der Waals surface area contributed by atoms with Crippen LogP contribution in [0.3, 0.4) is 0 Å². The summed E-state index contributed by atoms with van der Waals surface area (Å²) in [7, 11) is 0. The lowest BCUT2D eigenvalue weighted by molar-refractivity contribution is -0.130. The Hall–Kier alpha value is -4.71. The molecule has 198 valence electrons. The molecular weight excluding hydrogens is 486 g/mol. The fraction of sp³-hybridized carbons (Fsp3) is 0.182. The van der Waals surface area contributed by atoms with Gasteiger partial charge >= 0.3 is 0 Å². The zero-order valence-corrected chi connectivity index (χ0v) is 22.2. The average Bonchev–Trinajstić information content (AvgIpc) is 2.97. The molecule has 0 aliphatic heterocycles. The Morgan fingerprint density at radius 2 is 1.28 bits per heavy atom. The van der Waals surface area contributed by atoms with Gasteiger partial charge < -0.3 is 10.1 Å². The van der Waals surface area contributed by atoms with Crippen molar-refractivity contribution in [1.29, 1.82) is 0 Å². The fourth-order valence-electron chi connectivity index (χ4n) is 4.19. The number of nitrogens with zero attached hydrogens (tertiary/aromatic N) is 1. The number of carbonyl (C=O) groups is 2. The van der Waals surface area contributed by atoms with Gasteiger partial charge in [0, 0.05) is 0 Å². The molecule has 6 nitrogen and oxygen atoms in total. The molecule has 0 aliphatic carbocycles. The highest BCUT2D eigenvalue weighted by Crippen LogP contribution is 2.25. The van der Waals surface area contributed by atoms with Crippen LogP contribution in [-0.4, -0.2) is 24.1 Å². The number of amides is 2. The molecule has 6 heteroatoms. The minimum Gasteiger partial charge on any atom is -0.489 e. The molecule has 0 bridgehead atoms. The summed E-state index contributed by atoms with van der Waals surface area (Å²) in [5.41, 5.74) is 6.20. The minimum atomic E-state index is -0.752. The molecule has 2 N–H and O–H groups in total. The van der Waals surface area contributed by atoms with Crippen LogP contribution in [0.2, 0.25) is 0 Å². The first-order chi connectivity index (χ1) is 19.0. The molecule has 0 unspecified atom stereocenters. The zero-order valence-electron chi connectivity index (χ0n) is 22.2.